The second-order valence-electron chi connectivity index (χ2n) is 3.97. The molecule has 1 rings (SSSR count). The molecule has 0 saturated carbocycles. The molecule has 0 fully saturated rings. The van der Waals surface area contributed by atoms with Crippen LogP contribution < -0.4 is 10.1 Å². The van der Waals surface area contributed by atoms with Gasteiger partial charge in [-0.3, -0.25) is 4.79 Å². The quantitative estimate of drug-likeness (QED) is 0.808. The first kappa shape index (κ1) is 13.5. The molecule has 4 heteroatoms. The van der Waals surface area contributed by atoms with Crippen molar-refractivity contribution in [2.24, 2.45) is 0 Å². The summed E-state index contributed by atoms with van der Waals surface area (Å²) in [6.07, 6.45) is 0. The monoisotopic (exact) mass is 236 g/mol. The molecular formula is C13H20N2O2. The molecule has 4 nitrogen and oxygen atoms in total. The number of nitrogens with zero attached hydrogens (tertiary/aromatic N) is 1. The van der Waals surface area contributed by atoms with E-state index in [0.717, 1.165) is 11.3 Å². The van der Waals surface area contributed by atoms with Crippen LogP contribution in [0.25, 0.3) is 0 Å². The minimum Gasteiger partial charge on any atom is -0.494 e. The van der Waals surface area contributed by atoms with E-state index in [9.17, 15) is 4.79 Å². The van der Waals surface area contributed by atoms with Crippen molar-refractivity contribution in [1.82, 2.24) is 10.2 Å². The first-order valence-corrected chi connectivity index (χ1v) is 5.76. The molecular weight excluding hydrogens is 216 g/mol. The van der Waals surface area contributed by atoms with Gasteiger partial charge in [-0.2, -0.15) is 0 Å². The standard InChI is InChI=1S/C13H20N2O2/c1-4-17-12-7-5-11(6-8-12)9-14-10-13(16)15(2)3/h5-8,14H,4,9-10H2,1-3H3. The normalized spacial score (nSPS) is 10.1. The average Bonchev–Trinajstić information content (AvgIpc) is 2.31. The fraction of sp³-hybridized carbons (Fsp3) is 0.462. The lowest BCUT2D eigenvalue weighted by Gasteiger charge is -2.11. The molecule has 1 aromatic rings. The molecule has 0 aliphatic rings. The number of ether oxygens (including phenoxy) is 1. The number of hydrogen-bond acceptors (Lipinski definition) is 3. The van der Waals surface area contributed by atoms with Crippen LogP contribution >= 0.6 is 0 Å². The van der Waals surface area contributed by atoms with E-state index in [4.69, 9.17) is 4.74 Å². The first-order chi connectivity index (χ1) is 8.13. The van der Waals surface area contributed by atoms with Crippen molar-refractivity contribution in [3.05, 3.63) is 29.8 Å². The smallest absolute Gasteiger partial charge is 0.236 e. The maximum Gasteiger partial charge on any atom is 0.236 e. The molecule has 0 unspecified atom stereocenters. The number of carbonyl (C=O) groups is 1. The van der Waals surface area contributed by atoms with Crippen LogP contribution in [0.5, 0.6) is 5.75 Å². The molecule has 1 N–H and O–H groups in total. The van der Waals surface area contributed by atoms with Gasteiger partial charge in [-0.25, -0.2) is 0 Å². The summed E-state index contributed by atoms with van der Waals surface area (Å²) in [6, 6.07) is 7.87. The SMILES string of the molecule is CCOc1ccc(CNCC(=O)N(C)C)cc1. The summed E-state index contributed by atoms with van der Waals surface area (Å²) >= 11 is 0. The van der Waals surface area contributed by atoms with E-state index in [1.54, 1.807) is 19.0 Å². The Bertz CT molecular complexity index is 347. The molecule has 0 aliphatic heterocycles. The number of amides is 1. The number of nitrogens with one attached hydrogen (secondary N) is 1. The van der Waals surface area contributed by atoms with E-state index < -0.39 is 0 Å². The number of likely N-dealkylation sites (N-methyl/N-ethyl adjacent to an activating group) is 1. The fourth-order valence-electron chi connectivity index (χ4n) is 1.34. The van der Waals surface area contributed by atoms with Gasteiger partial charge in [0, 0.05) is 20.6 Å². The van der Waals surface area contributed by atoms with Crippen LogP contribution in [0.4, 0.5) is 0 Å². The van der Waals surface area contributed by atoms with Gasteiger partial charge < -0.3 is 15.0 Å². The lowest BCUT2D eigenvalue weighted by Crippen LogP contribution is -2.32. The van der Waals surface area contributed by atoms with Crippen molar-refractivity contribution in [2.45, 2.75) is 13.5 Å². The van der Waals surface area contributed by atoms with Crippen LogP contribution in [0, 0.1) is 0 Å². The largest absolute Gasteiger partial charge is 0.494 e. The van der Waals surface area contributed by atoms with E-state index in [1.165, 1.54) is 0 Å². The zero-order chi connectivity index (χ0) is 12.7. The second-order valence-corrected chi connectivity index (χ2v) is 3.97. The number of benzene rings is 1. The lowest BCUT2D eigenvalue weighted by molar-refractivity contribution is -0.127. The second kappa shape index (κ2) is 6.91. The number of rotatable bonds is 6. The number of carbonyl (C=O) groups excluding carboxylic acids is 1. The summed E-state index contributed by atoms with van der Waals surface area (Å²) in [4.78, 5) is 12.9. The minimum absolute atomic E-state index is 0.0796. The molecule has 17 heavy (non-hydrogen) atoms. The van der Waals surface area contributed by atoms with Crippen LogP contribution in [0.2, 0.25) is 0 Å². The maximum absolute atomic E-state index is 11.3. The highest BCUT2D eigenvalue weighted by Gasteiger charge is 2.02. The summed E-state index contributed by atoms with van der Waals surface area (Å²) in [5.41, 5.74) is 1.14. The summed E-state index contributed by atoms with van der Waals surface area (Å²) < 4.78 is 5.35. The van der Waals surface area contributed by atoms with Crippen molar-refractivity contribution in [1.29, 1.82) is 0 Å². The van der Waals surface area contributed by atoms with Crippen molar-refractivity contribution in [3.8, 4) is 5.75 Å². The predicted octanol–water partition coefficient (Wildman–Crippen LogP) is 1.26. The highest BCUT2D eigenvalue weighted by molar-refractivity contribution is 5.77. The van der Waals surface area contributed by atoms with Crippen molar-refractivity contribution >= 4 is 5.91 Å². The van der Waals surface area contributed by atoms with E-state index >= 15 is 0 Å². The molecule has 0 bridgehead atoms. The van der Waals surface area contributed by atoms with E-state index in [-0.39, 0.29) is 5.91 Å². The van der Waals surface area contributed by atoms with Gasteiger partial charge in [0.05, 0.1) is 13.2 Å². The third kappa shape index (κ3) is 4.87. The van der Waals surface area contributed by atoms with Gasteiger partial charge in [-0.05, 0) is 24.6 Å². The van der Waals surface area contributed by atoms with Crippen LogP contribution in [-0.4, -0.2) is 38.1 Å². The third-order valence-corrected chi connectivity index (χ3v) is 2.34. The predicted molar refractivity (Wildman–Crippen MR) is 68.0 cm³/mol. The van der Waals surface area contributed by atoms with E-state index in [1.807, 2.05) is 31.2 Å². The van der Waals surface area contributed by atoms with Gasteiger partial charge in [-0.1, -0.05) is 12.1 Å². The fourth-order valence-corrected chi connectivity index (χ4v) is 1.34. The molecule has 0 aliphatic carbocycles. The van der Waals surface area contributed by atoms with Crippen LogP contribution in [0.1, 0.15) is 12.5 Å². The van der Waals surface area contributed by atoms with Gasteiger partial charge in [0.15, 0.2) is 0 Å². The third-order valence-electron chi connectivity index (χ3n) is 2.34. The Balaban J connectivity index is 2.34. The van der Waals surface area contributed by atoms with Gasteiger partial charge in [-0.15, -0.1) is 0 Å². The van der Waals surface area contributed by atoms with Crippen molar-refractivity contribution in [2.75, 3.05) is 27.2 Å². The summed E-state index contributed by atoms with van der Waals surface area (Å²) in [7, 11) is 3.50. The van der Waals surface area contributed by atoms with Gasteiger partial charge >= 0.3 is 0 Å². The minimum atomic E-state index is 0.0796. The Morgan fingerprint density at radius 3 is 2.47 bits per heavy atom. The van der Waals surface area contributed by atoms with Crippen molar-refractivity contribution < 1.29 is 9.53 Å². The Morgan fingerprint density at radius 1 is 1.29 bits per heavy atom. The van der Waals surface area contributed by atoms with E-state index in [2.05, 4.69) is 5.32 Å². The zero-order valence-electron chi connectivity index (χ0n) is 10.7. The summed E-state index contributed by atoms with van der Waals surface area (Å²) in [6.45, 7) is 3.68. The Hall–Kier alpha value is -1.55. The van der Waals surface area contributed by atoms with Crippen LogP contribution in [0.15, 0.2) is 24.3 Å². The molecule has 94 valence electrons. The molecule has 0 spiro atoms. The average molecular weight is 236 g/mol. The molecule has 0 heterocycles. The van der Waals surface area contributed by atoms with Crippen molar-refractivity contribution in [3.63, 3.8) is 0 Å². The summed E-state index contributed by atoms with van der Waals surface area (Å²) in [5, 5.41) is 3.10. The molecule has 0 aromatic heterocycles. The zero-order valence-corrected chi connectivity index (χ0v) is 10.7. The highest BCUT2D eigenvalue weighted by atomic mass is 16.5. The first-order valence-electron chi connectivity index (χ1n) is 5.76. The Kier molecular flexibility index (Phi) is 5.49. The maximum atomic E-state index is 11.3. The van der Waals surface area contributed by atoms with Crippen LogP contribution in [-0.2, 0) is 11.3 Å². The molecule has 1 amide bonds. The molecule has 0 saturated heterocycles. The van der Waals surface area contributed by atoms with E-state index in [0.29, 0.717) is 19.7 Å². The topological polar surface area (TPSA) is 41.6 Å². The Morgan fingerprint density at radius 2 is 1.94 bits per heavy atom. The molecule has 0 radical (unpaired) electrons. The summed E-state index contributed by atoms with van der Waals surface area (Å²) in [5.74, 6) is 0.955. The lowest BCUT2D eigenvalue weighted by atomic mass is 10.2. The van der Waals surface area contributed by atoms with Gasteiger partial charge in [0.1, 0.15) is 5.75 Å². The Labute approximate surface area is 103 Å². The number of hydrogen-bond donors (Lipinski definition) is 1. The van der Waals surface area contributed by atoms with Gasteiger partial charge in [0.25, 0.3) is 0 Å². The van der Waals surface area contributed by atoms with Crippen LogP contribution in [0.3, 0.4) is 0 Å². The van der Waals surface area contributed by atoms with Gasteiger partial charge in [0.2, 0.25) is 5.91 Å². The highest BCUT2D eigenvalue weighted by Crippen LogP contribution is 2.11. The molecule has 0 atom stereocenters. The molecule has 1 aromatic carbocycles.